The number of nitrogens with one attached hydrogen (secondary N) is 2. The van der Waals surface area contributed by atoms with E-state index in [1.807, 2.05) is 20.8 Å². The van der Waals surface area contributed by atoms with Crippen LogP contribution in [0.5, 0.6) is 0 Å². The Labute approximate surface area is 92.8 Å². The summed E-state index contributed by atoms with van der Waals surface area (Å²) in [7, 11) is 0. The highest BCUT2D eigenvalue weighted by atomic mass is 16.5. The van der Waals surface area contributed by atoms with Crippen molar-refractivity contribution in [2.24, 2.45) is 0 Å². The molecule has 0 aromatic heterocycles. The summed E-state index contributed by atoms with van der Waals surface area (Å²) in [6.07, 6.45) is 3.22. The van der Waals surface area contributed by atoms with Crippen molar-refractivity contribution in [2.45, 2.75) is 46.1 Å². The molecule has 0 heterocycles. The van der Waals surface area contributed by atoms with Crippen LogP contribution in [0.4, 0.5) is 4.79 Å². The maximum Gasteiger partial charge on any atom is 0.314 e. The largest absolute Gasteiger partial charge is 0.379 e. The maximum atomic E-state index is 11.1. The van der Waals surface area contributed by atoms with Gasteiger partial charge in [0.15, 0.2) is 0 Å². The lowest BCUT2D eigenvalue weighted by Gasteiger charge is -2.08. The van der Waals surface area contributed by atoms with Crippen LogP contribution in [-0.2, 0) is 4.74 Å². The highest BCUT2D eigenvalue weighted by Crippen LogP contribution is 1.93. The Bertz CT molecular complexity index is 161. The Balaban J connectivity index is 3.13. The Hall–Kier alpha value is -0.770. The van der Waals surface area contributed by atoms with Crippen LogP contribution in [0, 0.1) is 0 Å². The van der Waals surface area contributed by atoms with E-state index in [4.69, 9.17) is 4.74 Å². The first-order chi connectivity index (χ1) is 7.16. The third-order valence-corrected chi connectivity index (χ3v) is 1.84. The van der Waals surface area contributed by atoms with Crippen molar-refractivity contribution < 1.29 is 9.53 Å². The van der Waals surface area contributed by atoms with Gasteiger partial charge in [0.25, 0.3) is 0 Å². The van der Waals surface area contributed by atoms with E-state index in [0.29, 0.717) is 6.10 Å². The van der Waals surface area contributed by atoms with Gasteiger partial charge in [-0.1, -0.05) is 6.92 Å². The number of amides is 2. The zero-order chi connectivity index (χ0) is 11.5. The molecule has 4 nitrogen and oxygen atoms in total. The number of carbonyl (C=O) groups excluding carboxylic acids is 1. The van der Waals surface area contributed by atoms with Gasteiger partial charge in [0.05, 0.1) is 6.10 Å². The third kappa shape index (κ3) is 11.2. The summed E-state index contributed by atoms with van der Waals surface area (Å²) in [4.78, 5) is 11.1. The molecule has 0 unspecified atom stereocenters. The molecular weight excluding hydrogens is 192 g/mol. The molecule has 0 aliphatic heterocycles. The summed E-state index contributed by atoms with van der Waals surface area (Å²) in [5.41, 5.74) is 0. The molecule has 0 fully saturated rings. The van der Waals surface area contributed by atoms with Gasteiger partial charge in [0.1, 0.15) is 0 Å². The first-order valence-corrected chi connectivity index (χ1v) is 5.80. The smallest absolute Gasteiger partial charge is 0.314 e. The number of unbranched alkanes of at least 4 members (excludes halogenated alkanes) is 1. The lowest BCUT2D eigenvalue weighted by Crippen LogP contribution is -2.36. The summed E-state index contributed by atoms with van der Waals surface area (Å²) in [5, 5.41) is 5.56. The molecule has 0 atom stereocenters. The van der Waals surface area contributed by atoms with E-state index in [9.17, 15) is 4.79 Å². The Morgan fingerprint density at radius 2 is 1.87 bits per heavy atom. The van der Waals surface area contributed by atoms with Crippen molar-refractivity contribution >= 4 is 6.03 Å². The van der Waals surface area contributed by atoms with E-state index in [2.05, 4.69) is 10.6 Å². The molecule has 0 aliphatic rings. The first kappa shape index (κ1) is 14.2. The number of ether oxygens (including phenoxy) is 1. The molecule has 0 aromatic carbocycles. The summed E-state index contributed by atoms with van der Waals surface area (Å²) in [6.45, 7) is 8.31. The van der Waals surface area contributed by atoms with Gasteiger partial charge in [0.2, 0.25) is 0 Å². The highest BCUT2D eigenvalue weighted by molar-refractivity contribution is 5.73. The minimum atomic E-state index is -0.0679. The van der Waals surface area contributed by atoms with Crippen LogP contribution in [0.15, 0.2) is 0 Å². The molecule has 0 saturated heterocycles. The van der Waals surface area contributed by atoms with Crippen molar-refractivity contribution in [1.29, 1.82) is 0 Å². The summed E-state index contributed by atoms with van der Waals surface area (Å²) in [6, 6.07) is -0.0679. The van der Waals surface area contributed by atoms with E-state index in [0.717, 1.165) is 39.0 Å². The lowest BCUT2D eigenvalue weighted by molar-refractivity contribution is 0.0761. The molecule has 0 saturated carbocycles. The van der Waals surface area contributed by atoms with Crippen LogP contribution < -0.4 is 10.6 Å². The van der Waals surface area contributed by atoms with Crippen molar-refractivity contribution in [3.8, 4) is 0 Å². The highest BCUT2D eigenvalue weighted by Gasteiger charge is 1.97. The average Bonchev–Trinajstić information content (AvgIpc) is 2.19. The number of hydrogen-bond acceptors (Lipinski definition) is 2. The van der Waals surface area contributed by atoms with Gasteiger partial charge < -0.3 is 15.4 Å². The number of rotatable bonds is 8. The standard InChI is InChI=1S/C11H24N2O2/c1-4-7-12-11(14)13-8-5-6-9-15-10(2)3/h10H,4-9H2,1-3H3,(H2,12,13,14). The molecule has 0 radical (unpaired) electrons. The van der Waals surface area contributed by atoms with Crippen LogP contribution in [-0.4, -0.2) is 31.8 Å². The number of urea groups is 1. The van der Waals surface area contributed by atoms with Crippen molar-refractivity contribution in [2.75, 3.05) is 19.7 Å². The average molecular weight is 216 g/mol. The van der Waals surface area contributed by atoms with E-state index in [-0.39, 0.29) is 6.03 Å². The normalized spacial score (nSPS) is 10.4. The summed E-state index contributed by atoms with van der Waals surface area (Å²) >= 11 is 0. The van der Waals surface area contributed by atoms with Crippen LogP contribution in [0.3, 0.4) is 0 Å². The summed E-state index contributed by atoms with van der Waals surface area (Å²) in [5.74, 6) is 0. The Morgan fingerprint density at radius 1 is 1.20 bits per heavy atom. The molecule has 0 aromatic rings. The van der Waals surface area contributed by atoms with Gasteiger partial charge in [-0.25, -0.2) is 4.79 Å². The SMILES string of the molecule is CCCNC(=O)NCCCCOC(C)C. The quantitative estimate of drug-likeness (QED) is 0.609. The molecule has 0 rings (SSSR count). The van der Waals surface area contributed by atoms with Gasteiger partial charge in [-0.2, -0.15) is 0 Å². The van der Waals surface area contributed by atoms with Gasteiger partial charge >= 0.3 is 6.03 Å². The predicted molar refractivity (Wildman–Crippen MR) is 62.0 cm³/mol. The monoisotopic (exact) mass is 216 g/mol. The van der Waals surface area contributed by atoms with Crippen LogP contribution in [0.2, 0.25) is 0 Å². The topological polar surface area (TPSA) is 50.4 Å². The second kappa shape index (κ2) is 9.77. The van der Waals surface area contributed by atoms with Gasteiger partial charge in [-0.15, -0.1) is 0 Å². The molecule has 0 spiro atoms. The van der Waals surface area contributed by atoms with Crippen LogP contribution >= 0.6 is 0 Å². The molecule has 90 valence electrons. The van der Waals surface area contributed by atoms with Crippen LogP contribution in [0.1, 0.15) is 40.0 Å². The van der Waals surface area contributed by atoms with E-state index < -0.39 is 0 Å². The van der Waals surface area contributed by atoms with Gasteiger partial charge in [-0.05, 0) is 33.1 Å². The molecule has 15 heavy (non-hydrogen) atoms. The molecular formula is C11H24N2O2. The zero-order valence-electron chi connectivity index (χ0n) is 10.1. The third-order valence-electron chi connectivity index (χ3n) is 1.84. The number of carbonyl (C=O) groups is 1. The molecule has 4 heteroatoms. The van der Waals surface area contributed by atoms with E-state index in [1.165, 1.54) is 0 Å². The van der Waals surface area contributed by atoms with Crippen molar-refractivity contribution in [3.05, 3.63) is 0 Å². The molecule has 2 N–H and O–H groups in total. The van der Waals surface area contributed by atoms with Gasteiger partial charge in [0, 0.05) is 19.7 Å². The minimum absolute atomic E-state index is 0.0679. The minimum Gasteiger partial charge on any atom is -0.379 e. The summed E-state index contributed by atoms with van der Waals surface area (Å²) < 4.78 is 5.39. The van der Waals surface area contributed by atoms with E-state index >= 15 is 0 Å². The predicted octanol–water partition coefficient (Wildman–Crippen LogP) is 1.90. The van der Waals surface area contributed by atoms with Crippen molar-refractivity contribution in [1.82, 2.24) is 10.6 Å². The van der Waals surface area contributed by atoms with E-state index in [1.54, 1.807) is 0 Å². The molecule has 0 aliphatic carbocycles. The second-order valence-electron chi connectivity index (χ2n) is 3.81. The molecule has 0 bridgehead atoms. The first-order valence-electron chi connectivity index (χ1n) is 5.80. The molecule has 2 amide bonds. The maximum absolute atomic E-state index is 11.1. The second-order valence-corrected chi connectivity index (χ2v) is 3.81. The number of hydrogen-bond donors (Lipinski definition) is 2. The van der Waals surface area contributed by atoms with Gasteiger partial charge in [-0.3, -0.25) is 0 Å². The Kier molecular flexibility index (Phi) is 9.27. The lowest BCUT2D eigenvalue weighted by atomic mass is 10.3. The Morgan fingerprint density at radius 3 is 2.47 bits per heavy atom. The fraction of sp³-hybridized carbons (Fsp3) is 0.909. The fourth-order valence-corrected chi connectivity index (χ4v) is 1.05. The van der Waals surface area contributed by atoms with Crippen molar-refractivity contribution in [3.63, 3.8) is 0 Å². The fourth-order valence-electron chi connectivity index (χ4n) is 1.05. The zero-order valence-corrected chi connectivity index (χ0v) is 10.1. The van der Waals surface area contributed by atoms with Crippen LogP contribution in [0.25, 0.3) is 0 Å².